The average molecular weight is 263 g/mol. The third kappa shape index (κ3) is 3.37. The molecule has 1 fully saturated rings. The minimum Gasteiger partial charge on any atom is -0.465 e. The number of methoxy groups -OCH3 is 1. The fourth-order valence-electron chi connectivity index (χ4n) is 1.69. The summed E-state index contributed by atoms with van der Waals surface area (Å²) >= 11 is 0. The summed E-state index contributed by atoms with van der Waals surface area (Å²) < 4.78 is 4.63. The van der Waals surface area contributed by atoms with E-state index in [0.29, 0.717) is 11.7 Å². The highest BCUT2D eigenvalue weighted by molar-refractivity contribution is 5.98. The first-order valence-corrected chi connectivity index (χ1v) is 6.12. The van der Waals surface area contributed by atoms with E-state index in [0.717, 1.165) is 12.8 Å². The van der Waals surface area contributed by atoms with Gasteiger partial charge in [-0.2, -0.15) is 0 Å². The number of nitrogen functional groups attached to an aromatic ring is 1. The van der Waals surface area contributed by atoms with Crippen molar-refractivity contribution >= 4 is 23.3 Å². The van der Waals surface area contributed by atoms with Gasteiger partial charge in [-0.1, -0.05) is 6.07 Å². The lowest BCUT2D eigenvalue weighted by Gasteiger charge is -2.11. The maximum absolute atomic E-state index is 11.5. The number of carbonyl (C=O) groups is 2. The minimum absolute atomic E-state index is 0.0784. The first kappa shape index (κ1) is 13.2. The van der Waals surface area contributed by atoms with E-state index in [9.17, 15) is 9.59 Å². The third-order valence-electron chi connectivity index (χ3n) is 2.89. The normalized spacial score (nSPS) is 13.7. The van der Waals surface area contributed by atoms with Crippen molar-refractivity contribution < 1.29 is 14.3 Å². The predicted molar refractivity (Wildman–Crippen MR) is 71.8 cm³/mol. The zero-order valence-electron chi connectivity index (χ0n) is 10.7. The summed E-state index contributed by atoms with van der Waals surface area (Å²) in [6.07, 6.45) is 2.09. The molecule has 0 unspecified atom stereocenters. The topological polar surface area (TPSA) is 93.4 Å². The molecule has 0 aromatic heterocycles. The number of nitrogens with one attached hydrogen (secondary N) is 2. The molecule has 0 radical (unpaired) electrons. The number of nitrogens with two attached hydrogens (primary N) is 1. The SMILES string of the molecule is COC(=O)c1cccc(NCC(=O)NC2CC2)c1N. The number of hydrogen-bond acceptors (Lipinski definition) is 5. The van der Waals surface area contributed by atoms with Crippen LogP contribution >= 0.6 is 0 Å². The molecule has 1 aliphatic carbocycles. The number of para-hydroxylation sites is 1. The highest BCUT2D eigenvalue weighted by atomic mass is 16.5. The van der Waals surface area contributed by atoms with Crippen LogP contribution in [0.2, 0.25) is 0 Å². The van der Waals surface area contributed by atoms with Gasteiger partial charge in [-0.05, 0) is 25.0 Å². The molecule has 0 atom stereocenters. The smallest absolute Gasteiger partial charge is 0.340 e. The highest BCUT2D eigenvalue weighted by Crippen LogP contribution is 2.23. The molecule has 6 heteroatoms. The summed E-state index contributed by atoms with van der Waals surface area (Å²) in [5, 5.41) is 5.78. The lowest BCUT2D eigenvalue weighted by molar-refractivity contribution is -0.119. The van der Waals surface area contributed by atoms with Crippen molar-refractivity contribution in [3.05, 3.63) is 23.8 Å². The van der Waals surface area contributed by atoms with Gasteiger partial charge in [0.15, 0.2) is 0 Å². The lowest BCUT2D eigenvalue weighted by Crippen LogP contribution is -2.31. The Labute approximate surface area is 111 Å². The van der Waals surface area contributed by atoms with E-state index in [-0.39, 0.29) is 23.7 Å². The van der Waals surface area contributed by atoms with Gasteiger partial charge in [0.2, 0.25) is 5.91 Å². The van der Waals surface area contributed by atoms with Crippen LogP contribution < -0.4 is 16.4 Å². The van der Waals surface area contributed by atoms with E-state index in [1.165, 1.54) is 7.11 Å². The van der Waals surface area contributed by atoms with Gasteiger partial charge in [-0.15, -0.1) is 0 Å². The maximum atomic E-state index is 11.5. The van der Waals surface area contributed by atoms with Gasteiger partial charge in [-0.25, -0.2) is 4.79 Å². The van der Waals surface area contributed by atoms with Crippen molar-refractivity contribution in [3.63, 3.8) is 0 Å². The number of anilines is 2. The molecule has 4 N–H and O–H groups in total. The van der Waals surface area contributed by atoms with Crippen LogP contribution in [0.5, 0.6) is 0 Å². The Morgan fingerprint density at radius 1 is 1.42 bits per heavy atom. The lowest BCUT2D eigenvalue weighted by atomic mass is 10.1. The zero-order chi connectivity index (χ0) is 13.8. The molecule has 102 valence electrons. The van der Waals surface area contributed by atoms with Crippen LogP contribution in [-0.4, -0.2) is 31.6 Å². The minimum atomic E-state index is -0.497. The molecule has 2 rings (SSSR count). The van der Waals surface area contributed by atoms with Crippen LogP contribution in [0, 0.1) is 0 Å². The van der Waals surface area contributed by atoms with Gasteiger partial charge < -0.3 is 21.1 Å². The van der Waals surface area contributed by atoms with Crippen LogP contribution in [0.1, 0.15) is 23.2 Å². The fourth-order valence-corrected chi connectivity index (χ4v) is 1.69. The predicted octanol–water partition coefficient (Wildman–Crippen LogP) is 0.746. The van der Waals surface area contributed by atoms with E-state index in [1.54, 1.807) is 18.2 Å². The Kier molecular flexibility index (Phi) is 3.89. The molecule has 0 heterocycles. The average Bonchev–Trinajstić information content (AvgIpc) is 3.20. The maximum Gasteiger partial charge on any atom is 0.340 e. The second-order valence-electron chi connectivity index (χ2n) is 4.45. The number of amides is 1. The van der Waals surface area contributed by atoms with E-state index in [4.69, 9.17) is 5.73 Å². The van der Waals surface area contributed by atoms with Gasteiger partial charge >= 0.3 is 5.97 Å². The highest BCUT2D eigenvalue weighted by Gasteiger charge is 2.23. The summed E-state index contributed by atoms with van der Waals surface area (Å²) in [5.41, 5.74) is 6.99. The molecule has 1 aliphatic rings. The van der Waals surface area contributed by atoms with E-state index >= 15 is 0 Å². The number of esters is 1. The van der Waals surface area contributed by atoms with Crippen LogP contribution in [-0.2, 0) is 9.53 Å². The standard InChI is InChI=1S/C13H17N3O3/c1-19-13(18)9-3-2-4-10(12(9)14)15-7-11(17)16-8-5-6-8/h2-4,8,15H,5-7,14H2,1H3,(H,16,17). The van der Waals surface area contributed by atoms with Crippen molar-refractivity contribution in [1.29, 1.82) is 0 Å². The Balaban J connectivity index is 1.99. The largest absolute Gasteiger partial charge is 0.465 e. The van der Waals surface area contributed by atoms with Crippen molar-refractivity contribution in [2.45, 2.75) is 18.9 Å². The van der Waals surface area contributed by atoms with Gasteiger partial charge in [0, 0.05) is 6.04 Å². The summed E-state index contributed by atoms with van der Waals surface area (Å²) in [6, 6.07) is 5.31. The van der Waals surface area contributed by atoms with E-state index in [2.05, 4.69) is 15.4 Å². The molecule has 1 amide bonds. The van der Waals surface area contributed by atoms with Gasteiger partial charge in [-0.3, -0.25) is 4.79 Å². The third-order valence-corrected chi connectivity index (χ3v) is 2.89. The molecule has 0 bridgehead atoms. The molecule has 1 saturated carbocycles. The molecular formula is C13H17N3O3. The summed E-state index contributed by atoms with van der Waals surface area (Å²) in [6.45, 7) is 0.130. The zero-order valence-corrected chi connectivity index (χ0v) is 10.7. The molecule has 19 heavy (non-hydrogen) atoms. The van der Waals surface area contributed by atoms with Crippen LogP contribution in [0.25, 0.3) is 0 Å². The number of carbonyl (C=O) groups excluding carboxylic acids is 2. The van der Waals surface area contributed by atoms with Gasteiger partial charge in [0.25, 0.3) is 0 Å². The number of rotatable bonds is 5. The first-order chi connectivity index (χ1) is 9.11. The molecular weight excluding hydrogens is 246 g/mol. The monoisotopic (exact) mass is 263 g/mol. The molecule has 0 spiro atoms. The Morgan fingerprint density at radius 3 is 2.79 bits per heavy atom. The molecule has 1 aromatic carbocycles. The molecule has 1 aromatic rings. The second-order valence-corrected chi connectivity index (χ2v) is 4.45. The summed E-state index contributed by atoms with van der Waals surface area (Å²) in [5.74, 6) is -0.575. The Hall–Kier alpha value is -2.24. The van der Waals surface area contributed by atoms with E-state index < -0.39 is 5.97 Å². The van der Waals surface area contributed by atoms with Crippen LogP contribution in [0.3, 0.4) is 0 Å². The van der Waals surface area contributed by atoms with Crippen molar-refractivity contribution in [2.75, 3.05) is 24.7 Å². The van der Waals surface area contributed by atoms with Crippen LogP contribution in [0.15, 0.2) is 18.2 Å². The van der Waals surface area contributed by atoms with Crippen molar-refractivity contribution in [2.24, 2.45) is 0 Å². The molecule has 0 aliphatic heterocycles. The first-order valence-electron chi connectivity index (χ1n) is 6.12. The molecule has 6 nitrogen and oxygen atoms in total. The van der Waals surface area contributed by atoms with Crippen molar-refractivity contribution in [1.82, 2.24) is 5.32 Å². The number of hydrogen-bond donors (Lipinski definition) is 3. The Bertz CT molecular complexity index is 498. The number of ether oxygens (including phenoxy) is 1. The number of benzene rings is 1. The van der Waals surface area contributed by atoms with Crippen molar-refractivity contribution in [3.8, 4) is 0 Å². The quantitative estimate of drug-likeness (QED) is 0.538. The fraction of sp³-hybridized carbons (Fsp3) is 0.385. The van der Waals surface area contributed by atoms with Gasteiger partial charge in [0.1, 0.15) is 0 Å². The second kappa shape index (κ2) is 5.60. The van der Waals surface area contributed by atoms with E-state index in [1.807, 2.05) is 0 Å². The van der Waals surface area contributed by atoms with Gasteiger partial charge in [0.05, 0.1) is 30.6 Å². The summed E-state index contributed by atoms with van der Waals surface area (Å²) in [4.78, 5) is 23.0. The van der Waals surface area contributed by atoms with Crippen LogP contribution in [0.4, 0.5) is 11.4 Å². The Morgan fingerprint density at radius 2 is 2.16 bits per heavy atom. The molecule has 0 saturated heterocycles. The summed E-state index contributed by atoms with van der Waals surface area (Å²) in [7, 11) is 1.30.